The number of amides is 1. The molecule has 0 saturated carbocycles. The summed E-state index contributed by atoms with van der Waals surface area (Å²) in [5.74, 6) is -0.126. The van der Waals surface area contributed by atoms with Crippen LogP contribution in [0.5, 0.6) is 0 Å². The van der Waals surface area contributed by atoms with Crippen LogP contribution in [0.1, 0.15) is 34.0 Å². The molecule has 0 fully saturated rings. The minimum Gasteiger partial charge on any atom is -0.396 e. The largest absolute Gasteiger partial charge is 0.396 e. The second kappa shape index (κ2) is 7.91. The first-order valence-electron chi connectivity index (χ1n) is 7.21. The molecule has 0 aliphatic carbocycles. The molecule has 0 radical (unpaired) electrons. The number of nitrogens with zero attached hydrogens (tertiary/aromatic N) is 1. The fourth-order valence-electron chi connectivity index (χ4n) is 2.33. The molecule has 0 bridgehead atoms. The highest BCUT2D eigenvalue weighted by atomic mass is 32.1. The number of hydrogen-bond acceptors (Lipinski definition) is 4. The van der Waals surface area contributed by atoms with E-state index in [0.717, 1.165) is 6.42 Å². The van der Waals surface area contributed by atoms with Gasteiger partial charge in [-0.2, -0.15) is 0 Å². The van der Waals surface area contributed by atoms with Gasteiger partial charge in [-0.3, -0.25) is 9.59 Å². The lowest BCUT2D eigenvalue weighted by Crippen LogP contribution is -2.32. The Morgan fingerprint density at radius 2 is 2.18 bits per heavy atom. The molecule has 118 valence electrons. The summed E-state index contributed by atoms with van der Waals surface area (Å²) in [6, 6.07) is 7.23. The van der Waals surface area contributed by atoms with Crippen molar-refractivity contribution in [3.63, 3.8) is 0 Å². The van der Waals surface area contributed by atoms with Crippen LogP contribution in [0.3, 0.4) is 0 Å². The highest BCUT2D eigenvalue weighted by Crippen LogP contribution is 2.26. The van der Waals surface area contributed by atoms with E-state index in [4.69, 9.17) is 5.11 Å². The number of thiophene rings is 1. The van der Waals surface area contributed by atoms with Crippen molar-refractivity contribution in [2.75, 3.05) is 13.2 Å². The van der Waals surface area contributed by atoms with Gasteiger partial charge in [-0.05, 0) is 42.3 Å². The van der Waals surface area contributed by atoms with Crippen molar-refractivity contribution in [3.8, 4) is 0 Å². The molecule has 0 aromatic carbocycles. The summed E-state index contributed by atoms with van der Waals surface area (Å²) < 4.78 is 1.38. The van der Waals surface area contributed by atoms with Crippen LogP contribution in [0, 0.1) is 0 Å². The van der Waals surface area contributed by atoms with Crippen LogP contribution >= 0.6 is 11.3 Å². The predicted octanol–water partition coefficient (Wildman–Crippen LogP) is 1.73. The van der Waals surface area contributed by atoms with Crippen LogP contribution in [0.15, 0.2) is 40.6 Å². The zero-order valence-electron chi connectivity index (χ0n) is 12.5. The van der Waals surface area contributed by atoms with E-state index in [1.807, 2.05) is 17.5 Å². The van der Waals surface area contributed by atoms with E-state index in [1.165, 1.54) is 15.5 Å². The molecule has 22 heavy (non-hydrogen) atoms. The third-order valence-electron chi connectivity index (χ3n) is 3.57. The Kier molecular flexibility index (Phi) is 5.91. The van der Waals surface area contributed by atoms with Crippen molar-refractivity contribution in [3.05, 3.63) is 56.6 Å². The molecular formula is C16H20N2O3S. The molecule has 0 aliphatic heterocycles. The zero-order chi connectivity index (χ0) is 15.9. The quantitative estimate of drug-likeness (QED) is 0.816. The average Bonchev–Trinajstić information content (AvgIpc) is 3.03. The average molecular weight is 320 g/mol. The second-order valence-corrected chi connectivity index (χ2v) is 6.09. The second-order valence-electron chi connectivity index (χ2n) is 5.11. The van der Waals surface area contributed by atoms with E-state index in [1.54, 1.807) is 30.6 Å². The molecule has 6 heteroatoms. The number of carbonyl (C=O) groups is 1. The molecular weight excluding hydrogens is 300 g/mol. The number of hydrogen-bond donors (Lipinski definition) is 2. The molecule has 5 nitrogen and oxygen atoms in total. The van der Waals surface area contributed by atoms with Gasteiger partial charge in [0.15, 0.2) is 0 Å². The van der Waals surface area contributed by atoms with Crippen LogP contribution in [0.4, 0.5) is 0 Å². The third kappa shape index (κ3) is 4.05. The van der Waals surface area contributed by atoms with E-state index in [0.29, 0.717) is 13.0 Å². The van der Waals surface area contributed by atoms with Gasteiger partial charge in [-0.25, -0.2) is 0 Å². The Labute approximate surface area is 133 Å². The van der Waals surface area contributed by atoms with E-state index in [2.05, 4.69) is 5.32 Å². The van der Waals surface area contributed by atoms with Crippen LogP contribution in [-0.4, -0.2) is 28.7 Å². The number of aryl methyl sites for hydroxylation is 1. The van der Waals surface area contributed by atoms with Gasteiger partial charge in [0, 0.05) is 31.3 Å². The highest BCUT2D eigenvalue weighted by Gasteiger charge is 2.14. The molecule has 2 rings (SSSR count). The summed E-state index contributed by atoms with van der Waals surface area (Å²) in [5.41, 5.74) is -0.148. The van der Waals surface area contributed by atoms with Crippen LogP contribution in [0.2, 0.25) is 0 Å². The van der Waals surface area contributed by atoms with Crippen LogP contribution < -0.4 is 10.9 Å². The van der Waals surface area contributed by atoms with E-state index < -0.39 is 0 Å². The summed E-state index contributed by atoms with van der Waals surface area (Å²) in [7, 11) is 1.62. The molecule has 2 aromatic heterocycles. The molecule has 0 spiro atoms. The molecule has 1 unspecified atom stereocenters. The summed E-state index contributed by atoms with van der Waals surface area (Å²) in [5, 5.41) is 14.0. The van der Waals surface area contributed by atoms with Crippen molar-refractivity contribution in [1.29, 1.82) is 0 Å². The summed E-state index contributed by atoms with van der Waals surface area (Å²) >= 11 is 1.65. The number of aliphatic hydroxyl groups excluding tert-OH is 1. The summed E-state index contributed by atoms with van der Waals surface area (Å²) in [6.45, 7) is 0.592. The van der Waals surface area contributed by atoms with Crippen molar-refractivity contribution < 1.29 is 9.90 Å². The summed E-state index contributed by atoms with van der Waals surface area (Å²) in [4.78, 5) is 25.1. The molecule has 2 aromatic rings. The lowest BCUT2D eigenvalue weighted by molar-refractivity contribution is 0.0950. The maximum Gasteiger partial charge on any atom is 0.263 e. The van der Waals surface area contributed by atoms with Crippen LogP contribution in [-0.2, 0) is 7.05 Å². The van der Waals surface area contributed by atoms with Gasteiger partial charge in [0.05, 0.1) is 0 Å². The number of aliphatic hydroxyl groups is 1. The van der Waals surface area contributed by atoms with Crippen molar-refractivity contribution in [2.24, 2.45) is 7.05 Å². The molecule has 2 N–H and O–H groups in total. The number of carbonyl (C=O) groups excluding carboxylic acids is 1. The molecule has 2 heterocycles. The van der Waals surface area contributed by atoms with Gasteiger partial charge in [-0.1, -0.05) is 6.07 Å². The van der Waals surface area contributed by atoms with Gasteiger partial charge in [-0.15, -0.1) is 11.3 Å². The monoisotopic (exact) mass is 320 g/mol. The van der Waals surface area contributed by atoms with Gasteiger partial charge in [0.25, 0.3) is 11.5 Å². The number of nitrogens with one attached hydrogen (secondary N) is 1. The van der Waals surface area contributed by atoms with E-state index >= 15 is 0 Å². The van der Waals surface area contributed by atoms with Gasteiger partial charge in [0.1, 0.15) is 5.56 Å². The molecule has 0 aliphatic rings. The smallest absolute Gasteiger partial charge is 0.263 e. The van der Waals surface area contributed by atoms with E-state index in [9.17, 15) is 9.59 Å². The lowest BCUT2D eigenvalue weighted by atomic mass is 10.00. The lowest BCUT2D eigenvalue weighted by Gasteiger charge is -2.14. The first-order valence-corrected chi connectivity index (χ1v) is 8.09. The van der Waals surface area contributed by atoms with Gasteiger partial charge in [0.2, 0.25) is 0 Å². The van der Waals surface area contributed by atoms with Gasteiger partial charge >= 0.3 is 0 Å². The standard InChI is InChI=1S/C16H20N2O3S/c1-18-9-2-4-13(16(18)21)15(20)17-8-6-12(7-10-19)14-5-3-11-22-14/h2-5,9,11-12,19H,6-8,10H2,1H3,(H,17,20). The maximum atomic E-state index is 12.1. The highest BCUT2D eigenvalue weighted by molar-refractivity contribution is 7.10. The Morgan fingerprint density at radius 1 is 1.36 bits per heavy atom. The number of rotatable bonds is 7. The normalized spacial score (nSPS) is 12.1. The SMILES string of the molecule is Cn1cccc(C(=O)NCCC(CCO)c2cccs2)c1=O. The van der Waals surface area contributed by atoms with Crippen molar-refractivity contribution >= 4 is 17.2 Å². The maximum absolute atomic E-state index is 12.1. The Balaban J connectivity index is 1.93. The molecule has 0 saturated heterocycles. The molecule has 1 amide bonds. The topological polar surface area (TPSA) is 71.3 Å². The van der Waals surface area contributed by atoms with Gasteiger partial charge < -0.3 is 15.0 Å². The van der Waals surface area contributed by atoms with E-state index in [-0.39, 0.29) is 29.6 Å². The third-order valence-corrected chi connectivity index (χ3v) is 4.60. The van der Waals surface area contributed by atoms with Crippen molar-refractivity contribution in [2.45, 2.75) is 18.8 Å². The Hall–Kier alpha value is -1.92. The fraction of sp³-hybridized carbons (Fsp3) is 0.375. The Morgan fingerprint density at radius 3 is 2.86 bits per heavy atom. The zero-order valence-corrected chi connectivity index (χ0v) is 13.3. The minimum absolute atomic E-state index is 0.121. The summed E-state index contributed by atoms with van der Waals surface area (Å²) in [6.07, 6.45) is 3.02. The fourth-order valence-corrected chi connectivity index (χ4v) is 3.23. The first-order chi connectivity index (χ1) is 10.6. The van der Waals surface area contributed by atoms with Crippen LogP contribution in [0.25, 0.3) is 0 Å². The van der Waals surface area contributed by atoms with Crippen molar-refractivity contribution in [1.82, 2.24) is 9.88 Å². The minimum atomic E-state index is -0.352. The predicted molar refractivity (Wildman–Crippen MR) is 87.4 cm³/mol. The Bertz CT molecular complexity index is 664. The molecule has 1 atom stereocenters. The number of aromatic nitrogens is 1. The number of pyridine rings is 1. The first kappa shape index (κ1) is 16.5.